The summed E-state index contributed by atoms with van der Waals surface area (Å²) in [7, 11) is 0. The molecular weight excluding hydrogens is 253 g/mol. The van der Waals surface area contributed by atoms with Crippen LogP contribution in [-0.4, -0.2) is 11.3 Å². The standard InChI is InChI=1S/C15H17F3O/c1-11-7-5-6-8-12(11)14(19,15(16,17)18)10-9-13(2,3)4/h5-8,19H,1-4H3/t14-/m1/s1. The molecule has 0 fully saturated rings. The summed E-state index contributed by atoms with van der Waals surface area (Å²) in [4.78, 5) is 0. The van der Waals surface area contributed by atoms with Crippen molar-refractivity contribution in [1.29, 1.82) is 0 Å². The summed E-state index contributed by atoms with van der Waals surface area (Å²) in [6.45, 7) is 6.59. The van der Waals surface area contributed by atoms with Gasteiger partial charge in [0.15, 0.2) is 0 Å². The Kier molecular flexibility index (Phi) is 4.02. The highest BCUT2D eigenvalue weighted by Gasteiger charge is 2.55. The van der Waals surface area contributed by atoms with E-state index in [1.807, 2.05) is 5.92 Å². The zero-order chi connectivity index (χ0) is 14.9. The van der Waals surface area contributed by atoms with Crippen LogP contribution in [0.5, 0.6) is 0 Å². The molecule has 1 nitrogen and oxygen atoms in total. The minimum Gasteiger partial charge on any atom is -0.366 e. The Morgan fingerprint density at radius 2 is 1.53 bits per heavy atom. The molecule has 0 bridgehead atoms. The third kappa shape index (κ3) is 3.51. The van der Waals surface area contributed by atoms with E-state index in [4.69, 9.17) is 0 Å². The molecule has 0 aliphatic heterocycles. The predicted molar refractivity (Wildman–Crippen MR) is 68.4 cm³/mol. The van der Waals surface area contributed by atoms with Gasteiger partial charge >= 0.3 is 6.18 Å². The highest BCUT2D eigenvalue weighted by Crippen LogP contribution is 2.40. The first-order valence-electron chi connectivity index (χ1n) is 5.87. The Morgan fingerprint density at radius 3 is 1.95 bits per heavy atom. The fraction of sp³-hybridized carbons (Fsp3) is 0.467. The second-order valence-electron chi connectivity index (χ2n) is 5.52. The van der Waals surface area contributed by atoms with Crippen molar-refractivity contribution in [2.24, 2.45) is 5.41 Å². The van der Waals surface area contributed by atoms with Crippen molar-refractivity contribution in [1.82, 2.24) is 0 Å². The molecule has 0 aliphatic carbocycles. The van der Waals surface area contributed by atoms with Gasteiger partial charge in [0.2, 0.25) is 5.60 Å². The van der Waals surface area contributed by atoms with Gasteiger partial charge in [0.05, 0.1) is 0 Å². The Morgan fingerprint density at radius 1 is 1.00 bits per heavy atom. The van der Waals surface area contributed by atoms with Gasteiger partial charge in [-0.05, 0) is 33.3 Å². The van der Waals surface area contributed by atoms with Gasteiger partial charge in [0, 0.05) is 11.0 Å². The minimum absolute atomic E-state index is 0.223. The van der Waals surface area contributed by atoms with Gasteiger partial charge in [0.25, 0.3) is 0 Å². The highest BCUT2D eigenvalue weighted by atomic mass is 19.4. The average Bonchev–Trinajstić information content (AvgIpc) is 2.24. The van der Waals surface area contributed by atoms with Gasteiger partial charge in [-0.25, -0.2) is 0 Å². The zero-order valence-corrected chi connectivity index (χ0v) is 11.4. The maximum Gasteiger partial charge on any atom is 0.433 e. The molecule has 19 heavy (non-hydrogen) atoms. The Hall–Kier alpha value is -1.47. The van der Waals surface area contributed by atoms with Crippen molar-refractivity contribution < 1.29 is 18.3 Å². The lowest BCUT2D eigenvalue weighted by atomic mass is 9.88. The topological polar surface area (TPSA) is 20.2 Å². The average molecular weight is 270 g/mol. The number of halogens is 3. The molecule has 1 aromatic rings. The van der Waals surface area contributed by atoms with Gasteiger partial charge in [-0.3, -0.25) is 0 Å². The quantitative estimate of drug-likeness (QED) is 0.770. The van der Waals surface area contributed by atoms with Crippen LogP contribution in [0.4, 0.5) is 13.2 Å². The molecule has 1 N–H and O–H groups in total. The van der Waals surface area contributed by atoms with Gasteiger partial charge in [-0.1, -0.05) is 36.1 Å². The van der Waals surface area contributed by atoms with Crippen molar-refractivity contribution in [2.45, 2.75) is 39.5 Å². The Labute approximate surface area is 111 Å². The fourth-order valence-corrected chi connectivity index (χ4v) is 1.55. The first-order valence-corrected chi connectivity index (χ1v) is 5.87. The van der Waals surface area contributed by atoms with E-state index in [1.165, 1.54) is 25.1 Å². The molecule has 1 aromatic carbocycles. The molecule has 0 aromatic heterocycles. The second-order valence-corrected chi connectivity index (χ2v) is 5.52. The molecule has 0 amide bonds. The summed E-state index contributed by atoms with van der Waals surface area (Å²) in [6, 6.07) is 5.84. The number of alkyl halides is 3. The van der Waals surface area contributed by atoms with Crippen LogP contribution in [0.25, 0.3) is 0 Å². The van der Waals surface area contributed by atoms with Gasteiger partial charge in [-0.15, -0.1) is 0 Å². The molecule has 0 radical (unpaired) electrons. The summed E-state index contributed by atoms with van der Waals surface area (Å²) < 4.78 is 39.6. The van der Waals surface area contributed by atoms with Crippen LogP contribution < -0.4 is 0 Å². The molecule has 0 aliphatic rings. The summed E-state index contributed by atoms with van der Waals surface area (Å²) >= 11 is 0. The highest BCUT2D eigenvalue weighted by molar-refractivity contribution is 5.40. The van der Waals surface area contributed by atoms with E-state index < -0.39 is 17.2 Å². The number of aryl methyl sites for hydroxylation is 1. The third-order valence-electron chi connectivity index (χ3n) is 2.56. The smallest absolute Gasteiger partial charge is 0.366 e. The summed E-state index contributed by atoms with van der Waals surface area (Å²) in [6.07, 6.45) is -4.85. The van der Waals surface area contributed by atoms with Crippen molar-refractivity contribution in [3.63, 3.8) is 0 Å². The van der Waals surface area contributed by atoms with E-state index in [0.717, 1.165) is 0 Å². The van der Waals surface area contributed by atoms with E-state index >= 15 is 0 Å². The van der Waals surface area contributed by atoms with E-state index in [-0.39, 0.29) is 5.56 Å². The number of aliphatic hydroxyl groups is 1. The lowest BCUT2D eigenvalue weighted by Gasteiger charge is -2.27. The Balaban J connectivity index is 3.46. The predicted octanol–water partition coefficient (Wildman–Crippen LogP) is 3.79. The van der Waals surface area contributed by atoms with Gasteiger partial charge < -0.3 is 5.11 Å². The van der Waals surface area contributed by atoms with Gasteiger partial charge in [-0.2, -0.15) is 13.2 Å². The number of rotatable bonds is 1. The maximum absolute atomic E-state index is 13.2. The molecule has 104 valence electrons. The lowest BCUT2D eigenvalue weighted by Crippen LogP contribution is -2.41. The second kappa shape index (κ2) is 4.90. The molecule has 1 rings (SSSR count). The largest absolute Gasteiger partial charge is 0.433 e. The van der Waals surface area contributed by atoms with Crippen molar-refractivity contribution in [2.75, 3.05) is 0 Å². The molecule has 4 heteroatoms. The van der Waals surface area contributed by atoms with Crippen LogP contribution in [0.15, 0.2) is 24.3 Å². The number of hydrogen-bond acceptors (Lipinski definition) is 1. The van der Waals surface area contributed by atoms with E-state index in [9.17, 15) is 18.3 Å². The van der Waals surface area contributed by atoms with Crippen LogP contribution in [0.1, 0.15) is 31.9 Å². The van der Waals surface area contributed by atoms with E-state index in [2.05, 4.69) is 5.92 Å². The zero-order valence-electron chi connectivity index (χ0n) is 11.4. The van der Waals surface area contributed by atoms with Crippen molar-refractivity contribution >= 4 is 0 Å². The molecular formula is C15H17F3O. The molecule has 0 unspecified atom stereocenters. The summed E-state index contributed by atoms with van der Waals surface area (Å²) in [5.74, 6) is 4.49. The van der Waals surface area contributed by atoms with Crippen LogP contribution in [0, 0.1) is 24.2 Å². The lowest BCUT2D eigenvalue weighted by molar-refractivity contribution is -0.241. The number of hydrogen-bond donors (Lipinski definition) is 1. The van der Waals surface area contributed by atoms with Crippen LogP contribution in [0.2, 0.25) is 0 Å². The Bertz CT molecular complexity index is 515. The van der Waals surface area contributed by atoms with Crippen LogP contribution in [0.3, 0.4) is 0 Å². The van der Waals surface area contributed by atoms with Gasteiger partial charge in [0.1, 0.15) is 0 Å². The minimum atomic E-state index is -4.85. The normalized spacial score (nSPS) is 15.4. The molecule has 0 saturated carbocycles. The van der Waals surface area contributed by atoms with Crippen LogP contribution >= 0.6 is 0 Å². The first-order chi connectivity index (χ1) is 8.47. The first kappa shape index (κ1) is 15.6. The van der Waals surface area contributed by atoms with Crippen molar-refractivity contribution in [3.8, 4) is 11.8 Å². The molecule has 0 heterocycles. The fourth-order valence-electron chi connectivity index (χ4n) is 1.55. The van der Waals surface area contributed by atoms with Crippen molar-refractivity contribution in [3.05, 3.63) is 35.4 Å². The van der Waals surface area contributed by atoms with Crippen LogP contribution in [-0.2, 0) is 5.60 Å². The monoisotopic (exact) mass is 270 g/mol. The SMILES string of the molecule is Cc1ccccc1[C@](O)(C#CC(C)(C)C)C(F)(F)F. The maximum atomic E-state index is 13.2. The van der Waals surface area contributed by atoms with E-state index in [0.29, 0.717) is 5.56 Å². The van der Waals surface area contributed by atoms with E-state index in [1.54, 1.807) is 26.8 Å². The number of benzene rings is 1. The third-order valence-corrected chi connectivity index (χ3v) is 2.56. The molecule has 0 saturated heterocycles. The molecule has 1 atom stereocenters. The molecule has 0 spiro atoms. The summed E-state index contributed by atoms with van der Waals surface area (Å²) in [5.41, 5.74) is -3.63. The summed E-state index contributed by atoms with van der Waals surface area (Å²) in [5, 5.41) is 10.1.